The van der Waals surface area contributed by atoms with Crippen molar-refractivity contribution in [1.82, 2.24) is 14.9 Å². The Kier molecular flexibility index (Phi) is 2.05. The Hall–Kier alpha value is -0.830. The fraction of sp³-hybridized carbons (Fsp3) is 0.727. The lowest BCUT2D eigenvalue weighted by Gasteiger charge is -2.37. The summed E-state index contributed by atoms with van der Waals surface area (Å²) in [5.74, 6) is 0.838. The number of aromatic nitrogens is 2. The molecule has 1 heterocycles. The van der Waals surface area contributed by atoms with Crippen LogP contribution in [-0.4, -0.2) is 22.1 Å². The SMILES string of the molecule is c1cn(C2CCC2CNC2CC2)cn1. The van der Waals surface area contributed by atoms with Crippen molar-refractivity contribution >= 4 is 0 Å². The molecule has 0 amide bonds. The molecule has 0 spiro atoms. The maximum atomic E-state index is 4.11. The summed E-state index contributed by atoms with van der Waals surface area (Å²) in [4.78, 5) is 4.11. The van der Waals surface area contributed by atoms with Gasteiger partial charge in [-0.2, -0.15) is 0 Å². The lowest BCUT2D eigenvalue weighted by atomic mass is 9.79. The molecule has 1 aromatic rings. The van der Waals surface area contributed by atoms with Gasteiger partial charge in [-0.3, -0.25) is 0 Å². The standard InChI is InChI=1S/C11H17N3/c1-4-11(14-6-5-12-8-14)9(1)7-13-10-2-3-10/h5-6,8-11,13H,1-4,7H2. The van der Waals surface area contributed by atoms with Crippen LogP contribution in [0.3, 0.4) is 0 Å². The molecule has 2 saturated carbocycles. The van der Waals surface area contributed by atoms with Crippen molar-refractivity contribution in [1.29, 1.82) is 0 Å². The summed E-state index contributed by atoms with van der Waals surface area (Å²) in [5, 5.41) is 3.62. The normalized spacial score (nSPS) is 31.4. The van der Waals surface area contributed by atoms with Crippen molar-refractivity contribution in [2.24, 2.45) is 5.92 Å². The zero-order chi connectivity index (χ0) is 9.38. The highest BCUT2D eigenvalue weighted by Crippen LogP contribution is 2.38. The van der Waals surface area contributed by atoms with Gasteiger partial charge >= 0.3 is 0 Å². The van der Waals surface area contributed by atoms with Gasteiger partial charge in [0.05, 0.1) is 6.33 Å². The second kappa shape index (κ2) is 3.39. The van der Waals surface area contributed by atoms with Crippen molar-refractivity contribution in [2.45, 2.75) is 37.8 Å². The van der Waals surface area contributed by atoms with Crippen molar-refractivity contribution in [3.05, 3.63) is 18.7 Å². The minimum absolute atomic E-state index is 0.712. The highest BCUT2D eigenvalue weighted by atomic mass is 15.1. The Labute approximate surface area is 84.5 Å². The summed E-state index contributed by atoms with van der Waals surface area (Å²) in [6.45, 7) is 1.20. The van der Waals surface area contributed by atoms with E-state index < -0.39 is 0 Å². The zero-order valence-corrected chi connectivity index (χ0v) is 8.39. The molecule has 2 unspecified atom stereocenters. The molecule has 2 aliphatic carbocycles. The molecule has 0 aromatic carbocycles. The first-order valence-electron chi connectivity index (χ1n) is 5.64. The van der Waals surface area contributed by atoms with E-state index in [4.69, 9.17) is 0 Å². The van der Waals surface area contributed by atoms with Crippen LogP contribution >= 0.6 is 0 Å². The maximum absolute atomic E-state index is 4.11. The van der Waals surface area contributed by atoms with E-state index in [0.29, 0.717) is 6.04 Å². The third-order valence-corrected chi connectivity index (χ3v) is 3.53. The Balaban J connectivity index is 1.54. The van der Waals surface area contributed by atoms with E-state index in [1.54, 1.807) is 0 Å². The quantitative estimate of drug-likeness (QED) is 0.783. The molecular weight excluding hydrogens is 174 g/mol. The van der Waals surface area contributed by atoms with Gasteiger partial charge in [0.25, 0.3) is 0 Å². The van der Waals surface area contributed by atoms with E-state index in [0.717, 1.165) is 12.0 Å². The van der Waals surface area contributed by atoms with E-state index in [9.17, 15) is 0 Å². The molecule has 1 N–H and O–H groups in total. The highest BCUT2D eigenvalue weighted by molar-refractivity contribution is 4.93. The molecule has 3 heteroatoms. The lowest BCUT2D eigenvalue weighted by Crippen LogP contribution is -2.37. The highest BCUT2D eigenvalue weighted by Gasteiger charge is 2.33. The minimum Gasteiger partial charge on any atom is -0.334 e. The molecule has 14 heavy (non-hydrogen) atoms. The molecule has 2 fully saturated rings. The summed E-state index contributed by atoms with van der Waals surface area (Å²) >= 11 is 0. The Morgan fingerprint density at radius 3 is 2.79 bits per heavy atom. The van der Waals surface area contributed by atoms with E-state index in [1.165, 1.54) is 32.2 Å². The second-order valence-electron chi connectivity index (χ2n) is 4.60. The van der Waals surface area contributed by atoms with Crippen LogP contribution in [0.1, 0.15) is 31.7 Å². The Bertz CT molecular complexity index is 289. The van der Waals surface area contributed by atoms with Gasteiger partial charge < -0.3 is 9.88 Å². The predicted molar refractivity (Wildman–Crippen MR) is 55.0 cm³/mol. The van der Waals surface area contributed by atoms with Crippen LogP contribution in [-0.2, 0) is 0 Å². The van der Waals surface area contributed by atoms with Gasteiger partial charge in [-0.15, -0.1) is 0 Å². The molecular formula is C11H17N3. The molecule has 0 saturated heterocycles. The average molecular weight is 191 g/mol. The van der Waals surface area contributed by atoms with Crippen LogP contribution in [0.5, 0.6) is 0 Å². The van der Waals surface area contributed by atoms with Gasteiger partial charge in [0.1, 0.15) is 0 Å². The third kappa shape index (κ3) is 1.57. The lowest BCUT2D eigenvalue weighted by molar-refractivity contribution is 0.176. The van der Waals surface area contributed by atoms with Crippen molar-refractivity contribution in [3.63, 3.8) is 0 Å². The number of hydrogen-bond donors (Lipinski definition) is 1. The van der Waals surface area contributed by atoms with E-state index in [2.05, 4.69) is 21.1 Å². The molecule has 2 aliphatic rings. The molecule has 76 valence electrons. The predicted octanol–water partition coefficient (Wildman–Crippen LogP) is 1.59. The molecule has 0 aliphatic heterocycles. The average Bonchev–Trinajstić information content (AvgIpc) is 2.81. The van der Waals surface area contributed by atoms with Crippen molar-refractivity contribution in [2.75, 3.05) is 6.54 Å². The fourth-order valence-corrected chi connectivity index (χ4v) is 2.25. The third-order valence-electron chi connectivity index (χ3n) is 3.53. The van der Waals surface area contributed by atoms with Crippen LogP contribution in [0.4, 0.5) is 0 Å². The van der Waals surface area contributed by atoms with Gasteiger partial charge in [0, 0.05) is 31.0 Å². The smallest absolute Gasteiger partial charge is 0.0948 e. The second-order valence-corrected chi connectivity index (χ2v) is 4.60. The molecule has 0 bridgehead atoms. The van der Waals surface area contributed by atoms with Gasteiger partial charge in [-0.1, -0.05) is 0 Å². The number of nitrogens with zero attached hydrogens (tertiary/aromatic N) is 2. The summed E-state index contributed by atoms with van der Waals surface area (Å²) in [5.41, 5.74) is 0. The van der Waals surface area contributed by atoms with Crippen LogP contribution in [0, 0.1) is 5.92 Å². The molecule has 3 rings (SSSR count). The number of hydrogen-bond acceptors (Lipinski definition) is 2. The summed E-state index contributed by atoms with van der Waals surface area (Å²) in [7, 11) is 0. The monoisotopic (exact) mass is 191 g/mol. The first-order valence-corrected chi connectivity index (χ1v) is 5.64. The molecule has 3 nitrogen and oxygen atoms in total. The fourth-order valence-electron chi connectivity index (χ4n) is 2.25. The van der Waals surface area contributed by atoms with Crippen LogP contribution in [0.15, 0.2) is 18.7 Å². The van der Waals surface area contributed by atoms with Crippen LogP contribution in [0.2, 0.25) is 0 Å². The zero-order valence-electron chi connectivity index (χ0n) is 8.39. The first kappa shape index (κ1) is 8.48. The van der Waals surface area contributed by atoms with Gasteiger partial charge in [-0.25, -0.2) is 4.98 Å². The van der Waals surface area contributed by atoms with Crippen molar-refractivity contribution < 1.29 is 0 Å². The van der Waals surface area contributed by atoms with Gasteiger partial charge in [-0.05, 0) is 31.6 Å². The summed E-state index contributed by atoms with van der Waals surface area (Å²) in [6.07, 6.45) is 11.4. The minimum atomic E-state index is 0.712. The Morgan fingerprint density at radius 2 is 2.21 bits per heavy atom. The summed E-state index contributed by atoms with van der Waals surface area (Å²) in [6, 6.07) is 1.56. The van der Waals surface area contributed by atoms with Crippen LogP contribution in [0.25, 0.3) is 0 Å². The number of nitrogens with one attached hydrogen (secondary N) is 1. The molecule has 0 radical (unpaired) electrons. The largest absolute Gasteiger partial charge is 0.334 e. The topological polar surface area (TPSA) is 29.9 Å². The van der Waals surface area contributed by atoms with E-state index in [1.807, 2.05) is 12.5 Å². The first-order chi connectivity index (χ1) is 6.93. The number of imidazole rings is 1. The van der Waals surface area contributed by atoms with E-state index in [-0.39, 0.29) is 0 Å². The molecule has 2 atom stereocenters. The van der Waals surface area contributed by atoms with E-state index >= 15 is 0 Å². The summed E-state index contributed by atoms with van der Waals surface area (Å²) < 4.78 is 2.27. The Morgan fingerprint density at radius 1 is 1.29 bits per heavy atom. The van der Waals surface area contributed by atoms with Crippen molar-refractivity contribution in [3.8, 4) is 0 Å². The molecule has 1 aromatic heterocycles. The van der Waals surface area contributed by atoms with Gasteiger partial charge in [0.15, 0.2) is 0 Å². The van der Waals surface area contributed by atoms with Crippen LogP contribution < -0.4 is 5.32 Å². The number of rotatable bonds is 4. The van der Waals surface area contributed by atoms with Gasteiger partial charge in [0.2, 0.25) is 0 Å². The maximum Gasteiger partial charge on any atom is 0.0948 e.